The third-order valence-corrected chi connectivity index (χ3v) is 11.9. The number of halogens is 4. The minimum Gasteiger partial charge on any atom is -0.397 e. The van der Waals surface area contributed by atoms with Crippen molar-refractivity contribution in [2.45, 2.75) is 56.8 Å². The van der Waals surface area contributed by atoms with Crippen molar-refractivity contribution in [1.82, 2.24) is 34.1 Å². The number of pyridine rings is 1. The quantitative estimate of drug-likeness (QED) is 0.256. The summed E-state index contributed by atoms with van der Waals surface area (Å²) in [6, 6.07) is 10.3. The predicted molar refractivity (Wildman–Crippen MR) is 197 cm³/mol. The van der Waals surface area contributed by atoms with Crippen molar-refractivity contribution in [3.63, 3.8) is 0 Å². The van der Waals surface area contributed by atoms with E-state index in [0.29, 0.717) is 50.6 Å². The summed E-state index contributed by atoms with van der Waals surface area (Å²) >= 11 is 3.17. The average molecular weight is 786 g/mol. The Bertz CT molecular complexity index is 2010. The molecule has 7 rings (SSSR count). The van der Waals surface area contributed by atoms with E-state index in [9.17, 15) is 27.6 Å². The second kappa shape index (κ2) is 14.8. The molecular formula is C37H44BrF3N8O3. The number of benzene rings is 2. The van der Waals surface area contributed by atoms with Crippen LogP contribution >= 0.6 is 15.9 Å². The molecule has 3 aliphatic heterocycles. The zero-order valence-corrected chi connectivity index (χ0v) is 30.8. The Morgan fingerprint density at radius 1 is 0.962 bits per heavy atom. The molecular weight excluding hydrogens is 741 g/mol. The molecule has 1 unspecified atom stereocenters. The number of nitrogens with one attached hydrogen (secondary N) is 1. The Balaban J connectivity index is 1.06. The topological polar surface area (TPSA) is 124 Å². The van der Waals surface area contributed by atoms with E-state index in [0.717, 1.165) is 61.5 Å². The van der Waals surface area contributed by atoms with Crippen molar-refractivity contribution in [2.24, 2.45) is 5.92 Å². The Morgan fingerprint density at radius 2 is 1.62 bits per heavy atom. The van der Waals surface area contributed by atoms with E-state index in [4.69, 9.17) is 5.73 Å². The van der Waals surface area contributed by atoms with Crippen LogP contribution in [0.5, 0.6) is 0 Å². The number of hydrogen-bond acceptors (Lipinski definition) is 7. The van der Waals surface area contributed by atoms with Crippen molar-refractivity contribution in [1.29, 1.82) is 0 Å². The lowest BCUT2D eigenvalue weighted by atomic mass is 9.91. The zero-order chi connectivity index (χ0) is 36.7. The molecule has 15 heteroatoms. The van der Waals surface area contributed by atoms with Gasteiger partial charge in [0, 0.05) is 80.7 Å². The summed E-state index contributed by atoms with van der Waals surface area (Å²) in [5.41, 5.74) is 6.67. The standard InChI is InChI=1S/C37H44BrF3N8O3/c1-45-14-16-46(17-15-45)25-6-12-48(13-7-25)35(51)24(18-23-19-28(37(39,40)41)33(42)29(38)20-23)21-32(50)47-10-8-26(9-11-47)49-31-22-43-30-5-3-2-4-27(30)34(31)44-36(49)52/h2-5,19-20,22,24-26H,6-18,21,42H2,1H3,(H,44,52). The Hall–Kier alpha value is -3.95. The molecule has 2 amide bonds. The normalized spacial score (nSPS) is 19.5. The summed E-state index contributed by atoms with van der Waals surface area (Å²) in [5.74, 6) is -1.29. The van der Waals surface area contributed by atoms with Crippen molar-refractivity contribution in [2.75, 3.05) is 65.1 Å². The van der Waals surface area contributed by atoms with Crippen LogP contribution in [-0.4, -0.2) is 111 Å². The lowest BCUT2D eigenvalue weighted by Crippen LogP contribution is -2.53. The third-order valence-electron chi connectivity index (χ3n) is 11.2. The number of alkyl halides is 3. The van der Waals surface area contributed by atoms with Crippen LogP contribution in [0.1, 0.15) is 49.3 Å². The predicted octanol–water partition coefficient (Wildman–Crippen LogP) is 4.89. The molecule has 4 aromatic rings. The Morgan fingerprint density at radius 3 is 2.31 bits per heavy atom. The van der Waals surface area contributed by atoms with Crippen LogP contribution in [0.4, 0.5) is 18.9 Å². The molecule has 11 nitrogen and oxygen atoms in total. The maximum Gasteiger partial charge on any atom is 0.418 e. The minimum atomic E-state index is -4.68. The minimum absolute atomic E-state index is 0.0346. The first-order chi connectivity index (χ1) is 24.9. The maximum absolute atomic E-state index is 14.2. The number of piperazine rings is 1. The number of carbonyl (C=O) groups excluding carboxylic acids is 2. The number of hydrogen-bond donors (Lipinski definition) is 2. The summed E-state index contributed by atoms with van der Waals surface area (Å²) in [5, 5.41) is 0.859. The number of aromatic nitrogens is 3. The van der Waals surface area contributed by atoms with Gasteiger partial charge in [0.15, 0.2) is 0 Å². The number of carbonyl (C=O) groups is 2. The molecule has 2 aromatic carbocycles. The first-order valence-corrected chi connectivity index (χ1v) is 18.8. The number of H-pyrrole nitrogens is 1. The molecule has 2 aromatic heterocycles. The number of nitrogens with zero attached hydrogens (tertiary/aromatic N) is 6. The van der Waals surface area contributed by atoms with Gasteiger partial charge >= 0.3 is 11.9 Å². The second-order valence-corrected chi connectivity index (χ2v) is 15.3. The highest BCUT2D eigenvalue weighted by Crippen LogP contribution is 2.39. The summed E-state index contributed by atoms with van der Waals surface area (Å²) in [6.07, 6.45) is -0.448. The number of amides is 2. The van der Waals surface area contributed by atoms with Gasteiger partial charge < -0.3 is 25.4 Å². The number of imidazole rings is 1. The highest BCUT2D eigenvalue weighted by molar-refractivity contribution is 9.10. The smallest absolute Gasteiger partial charge is 0.397 e. The molecule has 3 saturated heterocycles. The molecule has 0 bridgehead atoms. The van der Waals surface area contributed by atoms with Gasteiger partial charge in [-0.3, -0.25) is 24.0 Å². The SMILES string of the molecule is CN1CCN(C2CCN(C(=O)C(CC(=O)N3CCC(n4c(=O)[nH]c5c6ccccc6ncc54)CC3)Cc3cc(Br)c(N)c(C(F)(F)F)c3)CC2)CC1. The van der Waals surface area contributed by atoms with E-state index in [1.807, 2.05) is 24.3 Å². The molecule has 0 radical (unpaired) electrons. The number of nitrogens with two attached hydrogens (primary N) is 1. The van der Waals surface area contributed by atoms with Crippen LogP contribution in [0.15, 0.2) is 51.9 Å². The van der Waals surface area contributed by atoms with Gasteiger partial charge in [-0.25, -0.2) is 4.79 Å². The van der Waals surface area contributed by atoms with Crippen molar-refractivity contribution in [3.05, 3.63) is 68.7 Å². The number of likely N-dealkylation sites (tertiary alicyclic amines) is 2. The van der Waals surface area contributed by atoms with Gasteiger partial charge in [-0.15, -0.1) is 0 Å². The van der Waals surface area contributed by atoms with Gasteiger partial charge in [-0.05, 0) is 78.8 Å². The number of para-hydroxylation sites is 1. The fourth-order valence-corrected chi connectivity index (χ4v) is 8.76. The van der Waals surface area contributed by atoms with E-state index >= 15 is 0 Å². The molecule has 3 fully saturated rings. The Labute approximate surface area is 308 Å². The third kappa shape index (κ3) is 7.44. The van der Waals surface area contributed by atoms with Crippen LogP contribution in [0.25, 0.3) is 21.9 Å². The highest BCUT2D eigenvalue weighted by Gasteiger charge is 2.37. The second-order valence-electron chi connectivity index (χ2n) is 14.5. The summed E-state index contributed by atoms with van der Waals surface area (Å²) in [7, 11) is 2.11. The first kappa shape index (κ1) is 36.4. The van der Waals surface area contributed by atoms with Crippen molar-refractivity contribution >= 4 is 55.4 Å². The number of piperidine rings is 2. The van der Waals surface area contributed by atoms with Crippen LogP contribution in [-0.2, 0) is 22.2 Å². The molecule has 0 spiro atoms. The van der Waals surface area contributed by atoms with E-state index in [1.54, 1.807) is 20.6 Å². The summed E-state index contributed by atoms with van der Waals surface area (Å²) < 4.78 is 43.5. The first-order valence-electron chi connectivity index (χ1n) is 18.0. The number of fused-ring (bicyclic) bond motifs is 3. The fraction of sp³-hybridized carbons (Fsp3) is 0.514. The van der Waals surface area contributed by atoms with Gasteiger partial charge in [-0.2, -0.15) is 13.2 Å². The summed E-state index contributed by atoms with van der Waals surface area (Å²) in [6.45, 7) is 5.82. The monoisotopic (exact) mass is 784 g/mol. The van der Waals surface area contributed by atoms with Crippen LogP contribution < -0.4 is 11.4 Å². The highest BCUT2D eigenvalue weighted by atomic mass is 79.9. The summed E-state index contributed by atoms with van der Waals surface area (Å²) in [4.78, 5) is 57.1. The molecule has 5 heterocycles. The van der Waals surface area contributed by atoms with Gasteiger partial charge in [0.25, 0.3) is 0 Å². The average Bonchev–Trinajstić information content (AvgIpc) is 3.48. The number of rotatable bonds is 7. The number of nitrogen functional groups attached to an aromatic ring is 1. The molecule has 278 valence electrons. The van der Waals surface area contributed by atoms with E-state index in [1.165, 1.54) is 6.07 Å². The molecule has 0 saturated carbocycles. The van der Waals surface area contributed by atoms with E-state index in [2.05, 4.69) is 42.7 Å². The number of aromatic amines is 1. The van der Waals surface area contributed by atoms with Crippen molar-refractivity contribution < 1.29 is 22.8 Å². The van der Waals surface area contributed by atoms with Crippen LogP contribution in [0.3, 0.4) is 0 Å². The van der Waals surface area contributed by atoms with Gasteiger partial charge in [0.2, 0.25) is 11.8 Å². The zero-order valence-electron chi connectivity index (χ0n) is 29.2. The lowest BCUT2D eigenvalue weighted by molar-refractivity contribution is -0.143. The molecule has 1 atom stereocenters. The lowest BCUT2D eigenvalue weighted by Gasteiger charge is -2.42. The Kier molecular flexibility index (Phi) is 10.4. The van der Waals surface area contributed by atoms with E-state index < -0.39 is 23.3 Å². The largest absolute Gasteiger partial charge is 0.418 e. The molecule has 3 aliphatic rings. The van der Waals surface area contributed by atoms with Crippen LogP contribution in [0, 0.1) is 5.92 Å². The van der Waals surface area contributed by atoms with Gasteiger partial charge in [-0.1, -0.05) is 18.2 Å². The van der Waals surface area contributed by atoms with Crippen molar-refractivity contribution in [3.8, 4) is 0 Å². The van der Waals surface area contributed by atoms with Crippen LogP contribution in [0.2, 0.25) is 0 Å². The maximum atomic E-state index is 14.2. The van der Waals surface area contributed by atoms with E-state index in [-0.39, 0.29) is 46.4 Å². The molecule has 3 N–H and O–H groups in total. The van der Waals surface area contributed by atoms with Gasteiger partial charge in [0.1, 0.15) is 0 Å². The fourth-order valence-electron chi connectivity index (χ4n) is 8.25. The molecule has 0 aliphatic carbocycles. The van der Waals surface area contributed by atoms with Gasteiger partial charge in [0.05, 0.1) is 39.9 Å². The number of likely N-dealkylation sites (N-methyl/N-ethyl adjacent to an activating group) is 1. The molecule has 52 heavy (non-hydrogen) atoms. The number of anilines is 1.